The summed E-state index contributed by atoms with van der Waals surface area (Å²) < 4.78 is 0. The zero-order chi connectivity index (χ0) is 8.39. The molecule has 0 bridgehead atoms. The van der Waals surface area contributed by atoms with Gasteiger partial charge in [0.15, 0.2) is 0 Å². The van der Waals surface area contributed by atoms with Gasteiger partial charge >= 0.3 is 0 Å². The molecule has 0 aliphatic carbocycles. The van der Waals surface area contributed by atoms with E-state index in [2.05, 4.69) is 12.3 Å². The minimum atomic E-state index is 0.945. The van der Waals surface area contributed by atoms with Crippen molar-refractivity contribution in [2.45, 2.75) is 6.42 Å². The van der Waals surface area contributed by atoms with Gasteiger partial charge in [-0.3, -0.25) is 0 Å². The Morgan fingerprint density at radius 1 is 1.42 bits per heavy atom. The molecule has 1 nitrogen and oxygen atoms in total. The summed E-state index contributed by atoms with van der Waals surface area (Å²) in [7, 11) is 0. The molecule has 0 amide bonds. The standard InChI is InChI=1S/C11H9N/c1-2-12-9-5-7-10-6-3-4-8-11(10)12/h1-6,8H,7H2. The van der Waals surface area contributed by atoms with Gasteiger partial charge in [0, 0.05) is 11.9 Å². The Labute approximate surface area is 72.6 Å². The molecular weight excluding hydrogens is 146 g/mol. The van der Waals surface area contributed by atoms with E-state index in [1.165, 1.54) is 11.8 Å². The molecule has 1 aromatic rings. The van der Waals surface area contributed by atoms with Crippen molar-refractivity contribution in [2.24, 2.45) is 0 Å². The Kier molecular flexibility index (Phi) is 1.71. The van der Waals surface area contributed by atoms with Crippen LogP contribution in [-0.4, -0.2) is 0 Å². The van der Waals surface area contributed by atoms with Crippen molar-refractivity contribution < 1.29 is 0 Å². The predicted octanol–water partition coefficient (Wildman–Crippen LogP) is 2.31. The Morgan fingerprint density at radius 2 is 2.25 bits per heavy atom. The summed E-state index contributed by atoms with van der Waals surface area (Å²) in [6.07, 6.45) is 7.50. The minimum absolute atomic E-state index is 0.945. The second-order valence-corrected chi connectivity index (χ2v) is 2.69. The van der Waals surface area contributed by atoms with Crippen LogP contribution in [0.5, 0.6) is 0 Å². The van der Waals surface area contributed by atoms with E-state index in [9.17, 15) is 0 Å². The molecule has 0 fully saturated rings. The van der Waals surface area contributed by atoms with Crippen molar-refractivity contribution in [1.29, 1.82) is 0 Å². The summed E-state index contributed by atoms with van der Waals surface area (Å²) in [5, 5.41) is 0. The molecule has 0 spiro atoms. The molecule has 0 saturated heterocycles. The lowest BCUT2D eigenvalue weighted by Crippen LogP contribution is -2.12. The number of hydrogen-bond acceptors (Lipinski definition) is 1. The first-order chi connectivity index (χ1) is 5.92. The summed E-state index contributed by atoms with van der Waals surface area (Å²) in [6, 6.07) is 8.18. The third-order valence-corrected chi connectivity index (χ3v) is 1.95. The third-order valence-electron chi connectivity index (χ3n) is 1.95. The van der Waals surface area contributed by atoms with Gasteiger partial charge in [-0.2, -0.15) is 0 Å². The van der Waals surface area contributed by atoms with Crippen LogP contribution in [0.3, 0.4) is 0 Å². The summed E-state index contributed by atoms with van der Waals surface area (Å²) in [6.45, 7) is 5.44. The maximum Gasteiger partial charge on any atom is 0.0656 e. The first kappa shape index (κ1) is 7.17. The van der Waals surface area contributed by atoms with Crippen LogP contribution < -0.4 is 4.90 Å². The monoisotopic (exact) mass is 155 g/mol. The Bertz CT molecular complexity index is 326. The normalized spacial score (nSPS) is 14.2. The lowest BCUT2D eigenvalue weighted by molar-refractivity contribution is 1.10. The van der Waals surface area contributed by atoms with E-state index in [0.29, 0.717) is 0 Å². The Balaban J connectivity index is 2.49. The van der Waals surface area contributed by atoms with Gasteiger partial charge in [0.25, 0.3) is 0 Å². The second-order valence-electron chi connectivity index (χ2n) is 2.69. The lowest BCUT2D eigenvalue weighted by Gasteiger charge is -2.21. The van der Waals surface area contributed by atoms with E-state index in [1.54, 1.807) is 4.90 Å². The highest BCUT2D eigenvalue weighted by Gasteiger charge is 2.08. The van der Waals surface area contributed by atoms with Crippen molar-refractivity contribution in [2.75, 3.05) is 4.90 Å². The molecule has 0 atom stereocenters. The van der Waals surface area contributed by atoms with Gasteiger partial charge in [-0.1, -0.05) is 24.3 Å². The van der Waals surface area contributed by atoms with Crippen molar-refractivity contribution in [3.63, 3.8) is 0 Å². The first-order valence-electron chi connectivity index (χ1n) is 3.92. The molecule has 1 aliphatic rings. The molecule has 0 unspecified atom stereocenters. The average Bonchev–Trinajstić information content (AvgIpc) is 2.17. The number of allylic oxidation sites excluding steroid dienone is 1. The van der Waals surface area contributed by atoms with E-state index in [1.807, 2.05) is 24.3 Å². The second kappa shape index (κ2) is 2.86. The van der Waals surface area contributed by atoms with Crippen LogP contribution in [-0.2, 0) is 6.42 Å². The molecule has 0 aromatic heterocycles. The average molecular weight is 155 g/mol. The van der Waals surface area contributed by atoms with Gasteiger partial charge in [-0.25, -0.2) is 0 Å². The summed E-state index contributed by atoms with van der Waals surface area (Å²) in [5.41, 5.74) is 2.42. The number of fused-ring (bicyclic) bond motifs is 1. The maximum absolute atomic E-state index is 5.44. The smallest absolute Gasteiger partial charge is 0.0656 e. The van der Waals surface area contributed by atoms with Crippen LogP contribution in [0, 0.1) is 12.8 Å². The Hall–Kier alpha value is -1.50. The SMILES string of the molecule is [CH]=CN1[C]=CCc2ccccc21. The lowest BCUT2D eigenvalue weighted by atomic mass is 10.1. The van der Waals surface area contributed by atoms with E-state index >= 15 is 0 Å². The highest BCUT2D eigenvalue weighted by molar-refractivity contribution is 5.59. The third kappa shape index (κ3) is 1.03. The largest absolute Gasteiger partial charge is 0.315 e. The van der Waals surface area contributed by atoms with E-state index in [0.717, 1.165) is 12.1 Å². The van der Waals surface area contributed by atoms with Crippen LogP contribution >= 0.6 is 0 Å². The molecule has 1 heteroatoms. The van der Waals surface area contributed by atoms with Crippen LogP contribution in [0.4, 0.5) is 5.69 Å². The van der Waals surface area contributed by atoms with E-state index < -0.39 is 0 Å². The Morgan fingerprint density at radius 3 is 3.08 bits per heavy atom. The molecule has 12 heavy (non-hydrogen) atoms. The number of nitrogens with zero attached hydrogens (tertiary/aromatic N) is 1. The number of rotatable bonds is 1. The predicted molar refractivity (Wildman–Crippen MR) is 49.3 cm³/mol. The van der Waals surface area contributed by atoms with Gasteiger partial charge in [0.1, 0.15) is 0 Å². The maximum atomic E-state index is 5.44. The highest BCUT2D eigenvalue weighted by atomic mass is 15.1. The van der Waals surface area contributed by atoms with Gasteiger partial charge in [-0.15, -0.1) is 0 Å². The van der Waals surface area contributed by atoms with Crippen molar-refractivity contribution in [3.05, 3.63) is 54.9 Å². The number of para-hydroxylation sites is 1. The number of hydrogen-bond donors (Lipinski definition) is 0. The fraction of sp³-hybridized carbons (Fsp3) is 0.0909. The molecule has 0 saturated carbocycles. The minimum Gasteiger partial charge on any atom is -0.315 e. The van der Waals surface area contributed by atoms with Crippen molar-refractivity contribution in [3.8, 4) is 0 Å². The van der Waals surface area contributed by atoms with E-state index in [-0.39, 0.29) is 0 Å². The molecule has 2 radical (unpaired) electrons. The van der Waals surface area contributed by atoms with Gasteiger partial charge in [-0.05, 0) is 24.6 Å². The molecule has 1 heterocycles. The molecular formula is C11H9N. The quantitative estimate of drug-likeness (QED) is 0.601. The van der Waals surface area contributed by atoms with Gasteiger partial charge in [0.05, 0.1) is 6.20 Å². The number of benzene rings is 1. The van der Waals surface area contributed by atoms with Crippen LogP contribution in [0.25, 0.3) is 0 Å². The van der Waals surface area contributed by atoms with Crippen molar-refractivity contribution >= 4 is 5.69 Å². The first-order valence-corrected chi connectivity index (χ1v) is 3.92. The molecule has 2 rings (SSSR count). The highest BCUT2D eigenvalue weighted by Crippen LogP contribution is 2.24. The van der Waals surface area contributed by atoms with Crippen LogP contribution in [0.15, 0.2) is 36.5 Å². The molecule has 0 N–H and O–H groups in total. The zero-order valence-electron chi connectivity index (χ0n) is 6.70. The van der Waals surface area contributed by atoms with E-state index in [4.69, 9.17) is 6.58 Å². The fourth-order valence-corrected chi connectivity index (χ4v) is 1.37. The summed E-state index contributed by atoms with van der Waals surface area (Å²) in [5.74, 6) is 0. The van der Waals surface area contributed by atoms with Crippen molar-refractivity contribution in [1.82, 2.24) is 0 Å². The van der Waals surface area contributed by atoms with Crippen LogP contribution in [0.1, 0.15) is 5.56 Å². The van der Waals surface area contributed by atoms with Gasteiger partial charge < -0.3 is 4.90 Å². The zero-order valence-corrected chi connectivity index (χ0v) is 6.70. The summed E-state index contributed by atoms with van der Waals surface area (Å²) in [4.78, 5) is 1.80. The molecule has 1 aliphatic heterocycles. The fourth-order valence-electron chi connectivity index (χ4n) is 1.37. The molecule has 58 valence electrons. The van der Waals surface area contributed by atoms with Crippen LogP contribution in [0.2, 0.25) is 0 Å². The summed E-state index contributed by atoms with van der Waals surface area (Å²) >= 11 is 0. The molecule has 1 aromatic carbocycles. The topological polar surface area (TPSA) is 3.24 Å². The number of anilines is 1. The van der Waals surface area contributed by atoms with Gasteiger partial charge in [0.2, 0.25) is 0 Å².